The van der Waals surface area contributed by atoms with Crippen LogP contribution in [0.2, 0.25) is 0 Å². The molecule has 1 amide bonds. The number of carbonyl (C=O) groups is 1. The van der Waals surface area contributed by atoms with Crippen molar-refractivity contribution in [2.75, 3.05) is 45.2 Å². The third-order valence-corrected chi connectivity index (χ3v) is 3.87. The van der Waals surface area contributed by atoms with Crippen LogP contribution in [0.1, 0.15) is 42.6 Å². The summed E-state index contributed by atoms with van der Waals surface area (Å²) < 4.78 is 0. The molecule has 0 aromatic carbocycles. The lowest BCUT2D eigenvalue weighted by Gasteiger charge is -2.20. The average molecular weight is 305 g/mol. The Hall–Kier alpha value is -1.69. The Kier molecular flexibility index (Phi) is 6.58. The molecule has 0 unspecified atom stereocenters. The lowest BCUT2D eigenvalue weighted by Crippen LogP contribution is -2.29. The molecule has 1 saturated heterocycles. The summed E-state index contributed by atoms with van der Waals surface area (Å²) in [5, 5.41) is 2.88. The van der Waals surface area contributed by atoms with E-state index < -0.39 is 0 Å². The van der Waals surface area contributed by atoms with Gasteiger partial charge in [-0.3, -0.25) is 4.79 Å². The zero-order valence-corrected chi connectivity index (χ0v) is 13.7. The van der Waals surface area contributed by atoms with E-state index in [1.807, 2.05) is 14.1 Å². The summed E-state index contributed by atoms with van der Waals surface area (Å²) in [6.07, 6.45) is 9.22. The molecule has 2 rings (SSSR count). The van der Waals surface area contributed by atoms with E-state index in [0.717, 1.165) is 31.9 Å². The van der Waals surface area contributed by atoms with Gasteiger partial charge in [-0.05, 0) is 39.9 Å². The van der Waals surface area contributed by atoms with Crippen molar-refractivity contribution in [3.8, 4) is 0 Å². The number of rotatable bonds is 6. The van der Waals surface area contributed by atoms with E-state index in [0.29, 0.717) is 12.2 Å². The van der Waals surface area contributed by atoms with Crippen LogP contribution in [0.25, 0.3) is 0 Å². The molecule has 6 nitrogen and oxygen atoms in total. The number of aromatic nitrogens is 2. The highest BCUT2D eigenvalue weighted by molar-refractivity contribution is 5.91. The maximum absolute atomic E-state index is 12.0. The van der Waals surface area contributed by atoms with E-state index in [1.54, 1.807) is 12.4 Å². The molecule has 0 spiro atoms. The Morgan fingerprint density at radius 1 is 1.18 bits per heavy atom. The van der Waals surface area contributed by atoms with E-state index in [2.05, 4.69) is 25.1 Å². The van der Waals surface area contributed by atoms with Crippen LogP contribution in [0.15, 0.2) is 12.4 Å². The van der Waals surface area contributed by atoms with E-state index in [-0.39, 0.29) is 5.91 Å². The summed E-state index contributed by atoms with van der Waals surface area (Å²) >= 11 is 0. The summed E-state index contributed by atoms with van der Waals surface area (Å²) in [5.41, 5.74) is 0.392. The molecule has 1 aliphatic heterocycles. The van der Waals surface area contributed by atoms with Crippen molar-refractivity contribution >= 4 is 11.7 Å². The SMILES string of the molecule is CN(C)CCCNC(=O)c1cnc(N2CCCCCC2)cn1. The quantitative estimate of drug-likeness (QED) is 0.808. The largest absolute Gasteiger partial charge is 0.355 e. The van der Waals surface area contributed by atoms with Crippen LogP contribution < -0.4 is 10.2 Å². The molecule has 0 bridgehead atoms. The van der Waals surface area contributed by atoms with Gasteiger partial charge < -0.3 is 15.1 Å². The molecule has 1 aliphatic rings. The Morgan fingerprint density at radius 2 is 1.91 bits per heavy atom. The van der Waals surface area contributed by atoms with Crippen molar-refractivity contribution in [1.29, 1.82) is 0 Å². The monoisotopic (exact) mass is 305 g/mol. The predicted octanol–water partition coefficient (Wildman–Crippen LogP) is 1.54. The minimum atomic E-state index is -0.145. The smallest absolute Gasteiger partial charge is 0.271 e. The Bertz CT molecular complexity index is 452. The molecular weight excluding hydrogens is 278 g/mol. The minimum absolute atomic E-state index is 0.145. The van der Waals surface area contributed by atoms with Crippen LogP contribution in [0.3, 0.4) is 0 Å². The zero-order chi connectivity index (χ0) is 15.8. The second kappa shape index (κ2) is 8.68. The molecule has 1 aromatic rings. The topological polar surface area (TPSA) is 61.4 Å². The van der Waals surface area contributed by atoms with Crippen LogP contribution in [0.4, 0.5) is 5.82 Å². The van der Waals surface area contributed by atoms with Gasteiger partial charge in [0.1, 0.15) is 11.5 Å². The summed E-state index contributed by atoms with van der Waals surface area (Å²) in [5.74, 6) is 0.736. The number of hydrogen-bond acceptors (Lipinski definition) is 5. The van der Waals surface area contributed by atoms with Gasteiger partial charge in [0.25, 0.3) is 5.91 Å². The third kappa shape index (κ3) is 5.26. The molecule has 0 radical (unpaired) electrons. The first-order chi connectivity index (χ1) is 10.7. The normalized spacial score (nSPS) is 15.7. The van der Waals surface area contributed by atoms with Crippen molar-refractivity contribution < 1.29 is 4.79 Å². The molecule has 22 heavy (non-hydrogen) atoms. The van der Waals surface area contributed by atoms with Gasteiger partial charge >= 0.3 is 0 Å². The van der Waals surface area contributed by atoms with Gasteiger partial charge in [0.15, 0.2) is 0 Å². The van der Waals surface area contributed by atoms with Gasteiger partial charge in [0, 0.05) is 19.6 Å². The van der Waals surface area contributed by atoms with Gasteiger partial charge in [-0.2, -0.15) is 0 Å². The van der Waals surface area contributed by atoms with Crippen molar-refractivity contribution in [3.63, 3.8) is 0 Å². The molecular formula is C16H27N5O. The molecule has 0 saturated carbocycles. The Balaban J connectivity index is 1.83. The van der Waals surface area contributed by atoms with Gasteiger partial charge in [-0.15, -0.1) is 0 Å². The maximum atomic E-state index is 12.0. The molecule has 2 heterocycles. The van der Waals surface area contributed by atoms with Gasteiger partial charge in [-0.1, -0.05) is 12.8 Å². The van der Waals surface area contributed by atoms with Gasteiger partial charge in [-0.25, -0.2) is 9.97 Å². The van der Waals surface area contributed by atoms with E-state index in [9.17, 15) is 4.79 Å². The number of amides is 1. The van der Waals surface area contributed by atoms with Crippen LogP contribution in [-0.2, 0) is 0 Å². The van der Waals surface area contributed by atoms with Crippen molar-refractivity contribution in [2.45, 2.75) is 32.1 Å². The lowest BCUT2D eigenvalue weighted by molar-refractivity contribution is 0.0947. The van der Waals surface area contributed by atoms with Gasteiger partial charge in [0.2, 0.25) is 0 Å². The number of hydrogen-bond donors (Lipinski definition) is 1. The van der Waals surface area contributed by atoms with E-state index in [4.69, 9.17) is 0 Å². The number of nitrogens with one attached hydrogen (secondary N) is 1. The summed E-state index contributed by atoms with van der Waals surface area (Å²) in [6.45, 7) is 3.68. The second-order valence-corrected chi connectivity index (χ2v) is 6.07. The molecule has 122 valence electrons. The van der Waals surface area contributed by atoms with Crippen molar-refractivity contribution in [1.82, 2.24) is 20.2 Å². The summed E-state index contributed by atoms with van der Waals surface area (Å²) in [6, 6.07) is 0. The molecule has 1 aromatic heterocycles. The number of anilines is 1. The zero-order valence-electron chi connectivity index (χ0n) is 13.7. The number of nitrogens with zero attached hydrogens (tertiary/aromatic N) is 4. The highest BCUT2D eigenvalue weighted by Gasteiger charge is 2.13. The van der Waals surface area contributed by atoms with Crippen LogP contribution in [0, 0.1) is 0 Å². The van der Waals surface area contributed by atoms with Crippen molar-refractivity contribution in [2.24, 2.45) is 0 Å². The van der Waals surface area contributed by atoms with Gasteiger partial charge in [0.05, 0.1) is 12.4 Å². The van der Waals surface area contributed by atoms with Crippen LogP contribution in [-0.4, -0.2) is 61.0 Å². The van der Waals surface area contributed by atoms with Crippen LogP contribution in [0.5, 0.6) is 0 Å². The molecule has 0 atom stereocenters. The summed E-state index contributed by atoms with van der Waals surface area (Å²) in [4.78, 5) is 25.0. The van der Waals surface area contributed by atoms with Crippen LogP contribution >= 0.6 is 0 Å². The molecule has 1 fully saturated rings. The standard InChI is InChI=1S/C16H27N5O/c1-20(2)9-7-8-17-16(22)14-12-19-15(13-18-14)21-10-5-3-4-6-11-21/h12-13H,3-11H2,1-2H3,(H,17,22). The first-order valence-corrected chi connectivity index (χ1v) is 8.17. The molecule has 1 N–H and O–H groups in total. The first-order valence-electron chi connectivity index (χ1n) is 8.17. The lowest BCUT2D eigenvalue weighted by atomic mass is 10.2. The fourth-order valence-electron chi connectivity index (χ4n) is 2.59. The highest BCUT2D eigenvalue weighted by atomic mass is 16.1. The predicted molar refractivity (Wildman–Crippen MR) is 88.2 cm³/mol. The second-order valence-electron chi connectivity index (χ2n) is 6.07. The van der Waals surface area contributed by atoms with Crippen molar-refractivity contribution in [3.05, 3.63) is 18.1 Å². The van der Waals surface area contributed by atoms with E-state index in [1.165, 1.54) is 25.7 Å². The number of carbonyl (C=O) groups excluding carboxylic acids is 1. The maximum Gasteiger partial charge on any atom is 0.271 e. The minimum Gasteiger partial charge on any atom is -0.355 e. The third-order valence-electron chi connectivity index (χ3n) is 3.87. The van der Waals surface area contributed by atoms with E-state index >= 15 is 0 Å². The Labute approximate surface area is 132 Å². The fourth-order valence-corrected chi connectivity index (χ4v) is 2.59. The molecule has 0 aliphatic carbocycles. The highest BCUT2D eigenvalue weighted by Crippen LogP contribution is 2.16. The average Bonchev–Trinajstić information content (AvgIpc) is 2.80. The molecule has 6 heteroatoms. The Morgan fingerprint density at radius 3 is 2.50 bits per heavy atom. The fraction of sp³-hybridized carbons (Fsp3) is 0.688. The summed E-state index contributed by atoms with van der Waals surface area (Å²) in [7, 11) is 4.05. The first kappa shape index (κ1) is 16.7.